The first-order chi connectivity index (χ1) is 9.83. The van der Waals surface area contributed by atoms with Gasteiger partial charge in [0.2, 0.25) is 0 Å². The van der Waals surface area contributed by atoms with Crippen LogP contribution in [0.4, 0.5) is 0 Å². The van der Waals surface area contributed by atoms with Crippen molar-refractivity contribution in [2.24, 2.45) is 11.8 Å². The van der Waals surface area contributed by atoms with Gasteiger partial charge in [0.05, 0.1) is 0 Å². The number of piperidine rings is 4. The molecule has 0 spiro atoms. The van der Waals surface area contributed by atoms with Crippen molar-refractivity contribution < 1.29 is 12.7 Å². The zero-order chi connectivity index (χ0) is 13.9. The molecule has 120 valence electrons. The first-order valence-electron chi connectivity index (χ1n) is 8.14. The molecule has 4 atom stereocenters. The van der Waals surface area contributed by atoms with Crippen LogP contribution in [0.5, 0.6) is 0 Å². The Hall–Kier alpha value is 0.994. The van der Waals surface area contributed by atoms with Crippen molar-refractivity contribution in [3.8, 4) is 0 Å². The average Bonchev–Trinajstić information content (AvgIpc) is 2.48. The predicted molar refractivity (Wildman–Crippen MR) is 81.7 cm³/mol. The van der Waals surface area contributed by atoms with E-state index in [1.807, 2.05) is 0 Å². The van der Waals surface area contributed by atoms with E-state index in [1.165, 1.54) is 64.7 Å². The first-order valence-corrected chi connectivity index (χ1v) is 10.9. The molecule has 4 rings (SSSR count). The van der Waals surface area contributed by atoms with E-state index in [-0.39, 0.29) is 0 Å². The number of hydrogen-bond acceptors (Lipinski definition) is 2. The molecule has 0 radical (unpaired) electrons. The summed E-state index contributed by atoms with van der Waals surface area (Å²) in [5.41, 5.74) is 0. The second kappa shape index (κ2) is 7.51. The van der Waals surface area contributed by atoms with Crippen LogP contribution >= 0.6 is 20.4 Å². The van der Waals surface area contributed by atoms with E-state index < -0.39 is 0 Å². The summed E-state index contributed by atoms with van der Waals surface area (Å²) < 4.78 is 0. The molecule has 4 aliphatic heterocycles. The van der Waals surface area contributed by atoms with Gasteiger partial charge in [0.15, 0.2) is 0 Å². The van der Waals surface area contributed by atoms with Gasteiger partial charge in [-0.1, -0.05) is 12.8 Å². The fraction of sp³-hybridized carbons (Fsp3) is 1.00. The van der Waals surface area contributed by atoms with E-state index in [2.05, 4.69) is 9.80 Å². The normalized spacial score (nSPS) is 41.3. The van der Waals surface area contributed by atoms with Crippen LogP contribution in [-0.2, 0) is 12.7 Å². The van der Waals surface area contributed by atoms with Gasteiger partial charge in [-0.25, -0.2) is 0 Å². The number of nitrogens with zero attached hydrogens (tertiary/aromatic N) is 2. The predicted octanol–water partition coefficient (Wildman–Crippen LogP) is 3.72. The van der Waals surface area contributed by atoms with Gasteiger partial charge in [0, 0.05) is 25.2 Å². The van der Waals surface area contributed by atoms with Gasteiger partial charge in [-0.2, -0.15) is 0 Å². The van der Waals surface area contributed by atoms with E-state index in [4.69, 9.17) is 20.4 Å². The minimum atomic E-state index is 0.569. The molecule has 5 heteroatoms. The molecule has 0 aliphatic carbocycles. The zero-order valence-corrected chi connectivity index (χ0v) is 14.6. The van der Waals surface area contributed by atoms with Crippen LogP contribution in [0, 0.1) is 11.8 Å². The molecule has 0 aromatic carbocycles. The van der Waals surface area contributed by atoms with Crippen molar-refractivity contribution in [1.82, 2.24) is 9.80 Å². The van der Waals surface area contributed by atoms with Gasteiger partial charge in [-0.05, 0) is 57.0 Å². The van der Waals surface area contributed by atoms with Crippen LogP contribution in [0.2, 0.25) is 0 Å². The standard InChI is InChI=1S/C15H26N2.2ClH.Ni/c1-3-7-16-11-13-9-12(14(16)5-1)10-17-8-4-2-6-15(13)17;;;/h12-15H,1-11H2;2*1H;/q;;;+2/p-2/t12-,13-,14-,15+;;;/m1.../s1. The number of rotatable bonds is 0. The van der Waals surface area contributed by atoms with Crippen LogP contribution in [0.1, 0.15) is 44.9 Å². The van der Waals surface area contributed by atoms with Gasteiger partial charge in [-0.15, -0.1) is 0 Å². The van der Waals surface area contributed by atoms with Crippen LogP contribution in [-0.4, -0.2) is 48.1 Å². The SMILES string of the molecule is C1CCN2C[C@H]3C[C@H](CN4CCCC[C@@H]34)[C@H]2C1.[Cl][Ni][Cl]. The number of hydrogen-bond donors (Lipinski definition) is 0. The molecule has 4 aliphatic rings. The Labute approximate surface area is 137 Å². The summed E-state index contributed by atoms with van der Waals surface area (Å²) in [6.07, 6.45) is 10.5. The molecular weight excluding hydrogens is 338 g/mol. The maximum absolute atomic E-state index is 4.70. The topological polar surface area (TPSA) is 6.48 Å². The summed E-state index contributed by atoms with van der Waals surface area (Å²) in [6, 6.07) is 1.92. The minimum absolute atomic E-state index is 0.569. The molecule has 4 saturated heterocycles. The van der Waals surface area contributed by atoms with Crippen molar-refractivity contribution >= 4 is 20.4 Å². The van der Waals surface area contributed by atoms with Gasteiger partial charge in [0.1, 0.15) is 0 Å². The Balaban J connectivity index is 0.000000373. The third-order valence-corrected chi connectivity index (χ3v) is 5.96. The van der Waals surface area contributed by atoms with Crippen LogP contribution in [0.25, 0.3) is 0 Å². The fourth-order valence-electron chi connectivity index (χ4n) is 5.25. The summed E-state index contributed by atoms with van der Waals surface area (Å²) in [5.74, 6) is 2.03. The molecule has 0 saturated carbocycles. The van der Waals surface area contributed by atoms with E-state index in [1.54, 1.807) is 6.42 Å². The average molecular weight is 364 g/mol. The number of halogens is 2. The molecule has 2 nitrogen and oxygen atoms in total. The molecule has 0 unspecified atom stereocenters. The molecule has 0 amide bonds. The van der Waals surface area contributed by atoms with Gasteiger partial charge >= 0.3 is 33.0 Å². The van der Waals surface area contributed by atoms with Crippen LogP contribution in [0.15, 0.2) is 0 Å². The third-order valence-electron chi connectivity index (χ3n) is 5.96. The molecule has 4 fully saturated rings. The van der Waals surface area contributed by atoms with Crippen molar-refractivity contribution in [3.05, 3.63) is 0 Å². The van der Waals surface area contributed by atoms with E-state index in [0.717, 1.165) is 23.9 Å². The molecule has 20 heavy (non-hydrogen) atoms. The molecule has 0 aromatic heterocycles. The monoisotopic (exact) mass is 362 g/mol. The van der Waals surface area contributed by atoms with Crippen molar-refractivity contribution in [3.63, 3.8) is 0 Å². The maximum atomic E-state index is 4.70. The Morgan fingerprint density at radius 2 is 1.20 bits per heavy atom. The molecule has 0 aromatic rings. The summed E-state index contributed by atoms with van der Waals surface area (Å²) in [6.45, 7) is 5.68. The van der Waals surface area contributed by atoms with Gasteiger partial charge in [0.25, 0.3) is 0 Å². The summed E-state index contributed by atoms with van der Waals surface area (Å²) in [5, 5.41) is 0. The Morgan fingerprint density at radius 3 is 1.65 bits per heavy atom. The second-order valence-electron chi connectivity index (χ2n) is 6.92. The zero-order valence-electron chi connectivity index (χ0n) is 12.1. The summed E-state index contributed by atoms with van der Waals surface area (Å²) in [7, 11) is 9.40. The summed E-state index contributed by atoms with van der Waals surface area (Å²) >= 11 is 0.569. The first kappa shape index (κ1) is 15.9. The van der Waals surface area contributed by atoms with Gasteiger partial charge < -0.3 is 0 Å². The molecule has 4 heterocycles. The number of fused-ring (bicyclic) bond motifs is 6. The van der Waals surface area contributed by atoms with E-state index in [0.29, 0.717) is 12.7 Å². The Bertz CT molecular complexity index is 290. The van der Waals surface area contributed by atoms with Crippen LogP contribution in [0.3, 0.4) is 0 Å². The Morgan fingerprint density at radius 1 is 0.750 bits per heavy atom. The molecule has 0 N–H and O–H groups in total. The van der Waals surface area contributed by atoms with E-state index >= 15 is 0 Å². The van der Waals surface area contributed by atoms with Crippen molar-refractivity contribution in [1.29, 1.82) is 0 Å². The summed E-state index contributed by atoms with van der Waals surface area (Å²) in [4.78, 5) is 5.74. The van der Waals surface area contributed by atoms with E-state index in [9.17, 15) is 0 Å². The second-order valence-corrected chi connectivity index (χ2v) is 8.55. The molecular formula is C15H26Cl2N2Ni. The fourth-order valence-corrected chi connectivity index (χ4v) is 5.25. The quantitative estimate of drug-likeness (QED) is 0.605. The third kappa shape index (κ3) is 3.33. The van der Waals surface area contributed by atoms with Gasteiger partial charge in [-0.3, -0.25) is 9.80 Å². The van der Waals surface area contributed by atoms with Crippen molar-refractivity contribution in [2.45, 2.75) is 57.0 Å². The molecule has 2 bridgehead atoms. The van der Waals surface area contributed by atoms with Crippen LogP contribution < -0.4 is 0 Å². The Kier molecular flexibility index (Phi) is 5.96. The van der Waals surface area contributed by atoms with Crippen molar-refractivity contribution in [2.75, 3.05) is 26.2 Å².